The maximum absolute atomic E-state index is 11.8. The number of aryl methyl sites for hydroxylation is 1. The lowest BCUT2D eigenvalue weighted by atomic mass is 10.2. The average molecular weight is 263 g/mol. The van der Waals surface area contributed by atoms with E-state index >= 15 is 0 Å². The SMILES string of the molecule is Cn1cc([N+](=O)[O-])c(C(=O)/C=C/c2cccs2)n1. The highest BCUT2D eigenvalue weighted by molar-refractivity contribution is 7.10. The summed E-state index contributed by atoms with van der Waals surface area (Å²) >= 11 is 1.48. The minimum absolute atomic E-state index is 0.143. The fraction of sp³-hybridized carbons (Fsp3) is 0.0909. The zero-order chi connectivity index (χ0) is 13.1. The van der Waals surface area contributed by atoms with Crippen LogP contribution in [0.4, 0.5) is 5.69 Å². The molecule has 0 saturated carbocycles. The first kappa shape index (κ1) is 12.2. The molecular formula is C11H9N3O3S. The molecule has 0 spiro atoms. The Hall–Kier alpha value is -2.28. The number of carbonyl (C=O) groups is 1. The normalized spacial score (nSPS) is 10.9. The molecule has 18 heavy (non-hydrogen) atoms. The molecule has 7 heteroatoms. The average Bonchev–Trinajstić information content (AvgIpc) is 2.94. The Morgan fingerprint density at radius 3 is 3.00 bits per heavy atom. The van der Waals surface area contributed by atoms with Gasteiger partial charge in [0, 0.05) is 11.9 Å². The Morgan fingerprint density at radius 2 is 2.39 bits per heavy atom. The van der Waals surface area contributed by atoms with Crippen LogP contribution in [0.15, 0.2) is 29.8 Å². The highest BCUT2D eigenvalue weighted by Gasteiger charge is 2.22. The van der Waals surface area contributed by atoms with E-state index in [0.717, 1.165) is 4.88 Å². The lowest BCUT2D eigenvalue weighted by molar-refractivity contribution is -0.385. The summed E-state index contributed by atoms with van der Waals surface area (Å²) in [6.07, 6.45) is 4.12. The van der Waals surface area contributed by atoms with E-state index in [1.807, 2.05) is 17.5 Å². The standard InChI is InChI=1S/C11H9N3O3S/c1-13-7-9(14(16)17)11(12-13)10(15)5-4-8-3-2-6-18-8/h2-7H,1H3/b5-4+. The molecule has 0 aliphatic rings. The van der Waals surface area contributed by atoms with Crippen LogP contribution in [0.5, 0.6) is 0 Å². The third-order valence-electron chi connectivity index (χ3n) is 2.18. The molecule has 0 aliphatic heterocycles. The van der Waals surface area contributed by atoms with Gasteiger partial charge in [0.15, 0.2) is 0 Å². The first-order chi connectivity index (χ1) is 8.58. The highest BCUT2D eigenvalue weighted by atomic mass is 32.1. The molecule has 0 amide bonds. The Bertz CT molecular complexity index is 614. The van der Waals surface area contributed by atoms with Gasteiger partial charge in [-0.05, 0) is 23.6 Å². The number of nitrogens with zero attached hydrogens (tertiary/aromatic N) is 3. The van der Waals surface area contributed by atoms with Gasteiger partial charge in [-0.1, -0.05) is 6.07 Å². The van der Waals surface area contributed by atoms with Crippen LogP contribution in [-0.4, -0.2) is 20.5 Å². The van der Waals surface area contributed by atoms with Gasteiger partial charge >= 0.3 is 5.69 Å². The summed E-state index contributed by atoms with van der Waals surface area (Å²) in [5.74, 6) is -0.476. The summed E-state index contributed by atoms with van der Waals surface area (Å²) in [5, 5.41) is 16.4. The number of nitro groups is 1. The van der Waals surface area contributed by atoms with E-state index in [-0.39, 0.29) is 11.4 Å². The zero-order valence-electron chi connectivity index (χ0n) is 9.44. The molecule has 0 fully saturated rings. The predicted molar refractivity (Wildman–Crippen MR) is 67.5 cm³/mol. The summed E-state index contributed by atoms with van der Waals surface area (Å²) in [6, 6.07) is 3.71. The maximum atomic E-state index is 11.8. The van der Waals surface area contributed by atoms with Gasteiger partial charge in [-0.15, -0.1) is 11.3 Å². The van der Waals surface area contributed by atoms with Crippen molar-refractivity contribution in [1.82, 2.24) is 9.78 Å². The van der Waals surface area contributed by atoms with E-state index < -0.39 is 10.7 Å². The fourth-order valence-corrected chi connectivity index (χ4v) is 2.03. The summed E-state index contributed by atoms with van der Waals surface area (Å²) in [6.45, 7) is 0. The molecule has 0 atom stereocenters. The summed E-state index contributed by atoms with van der Waals surface area (Å²) in [5.41, 5.74) is -0.423. The monoisotopic (exact) mass is 263 g/mol. The zero-order valence-corrected chi connectivity index (χ0v) is 10.3. The van der Waals surface area contributed by atoms with E-state index in [9.17, 15) is 14.9 Å². The van der Waals surface area contributed by atoms with Crippen molar-refractivity contribution in [1.29, 1.82) is 0 Å². The van der Waals surface area contributed by atoms with Crippen molar-refractivity contribution in [3.8, 4) is 0 Å². The molecule has 0 aromatic carbocycles. The van der Waals surface area contributed by atoms with E-state index in [4.69, 9.17) is 0 Å². The fourth-order valence-electron chi connectivity index (χ4n) is 1.41. The van der Waals surface area contributed by atoms with Crippen molar-refractivity contribution in [2.75, 3.05) is 0 Å². The van der Waals surface area contributed by atoms with Crippen LogP contribution in [0, 0.1) is 10.1 Å². The van der Waals surface area contributed by atoms with Gasteiger partial charge in [-0.25, -0.2) is 0 Å². The second kappa shape index (κ2) is 4.92. The van der Waals surface area contributed by atoms with Crippen molar-refractivity contribution in [2.45, 2.75) is 0 Å². The summed E-state index contributed by atoms with van der Waals surface area (Å²) in [4.78, 5) is 22.9. The van der Waals surface area contributed by atoms with Crippen molar-refractivity contribution in [3.05, 3.63) is 50.5 Å². The largest absolute Gasteiger partial charge is 0.318 e. The summed E-state index contributed by atoms with van der Waals surface area (Å²) < 4.78 is 1.25. The maximum Gasteiger partial charge on any atom is 0.318 e. The lowest BCUT2D eigenvalue weighted by Gasteiger charge is -1.89. The van der Waals surface area contributed by atoms with Crippen LogP contribution in [0.2, 0.25) is 0 Å². The number of allylic oxidation sites excluding steroid dienone is 1. The minimum atomic E-state index is -0.612. The Balaban J connectivity index is 2.26. The first-order valence-electron chi connectivity index (χ1n) is 5.02. The number of aromatic nitrogens is 2. The Labute approximate surface area is 106 Å². The van der Waals surface area contributed by atoms with Crippen molar-refractivity contribution in [3.63, 3.8) is 0 Å². The molecule has 6 nitrogen and oxygen atoms in total. The van der Waals surface area contributed by atoms with Crippen LogP contribution < -0.4 is 0 Å². The molecule has 92 valence electrons. The second-order valence-electron chi connectivity index (χ2n) is 3.51. The van der Waals surface area contributed by atoms with Gasteiger partial charge in [0.25, 0.3) is 0 Å². The molecule has 2 aromatic rings. The molecule has 0 unspecified atom stereocenters. The molecule has 0 aliphatic carbocycles. The lowest BCUT2D eigenvalue weighted by Crippen LogP contribution is -2.00. The molecule has 0 radical (unpaired) electrons. The molecule has 0 N–H and O–H groups in total. The number of hydrogen-bond donors (Lipinski definition) is 0. The molecule has 2 aromatic heterocycles. The van der Waals surface area contributed by atoms with Gasteiger partial charge in [-0.3, -0.25) is 19.6 Å². The van der Waals surface area contributed by atoms with E-state index in [0.29, 0.717) is 0 Å². The number of rotatable bonds is 4. The third-order valence-corrected chi connectivity index (χ3v) is 3.02. The highest BCUT2D eigenvalue weighted by Crippen LogP contribution is 2.18. The van der Waals surface area contributed by atoms with Crippen molar-refractivity contribution < 1.29 is 9.72 Å². The number of ketones is 1. The first-order valence-corrected chi connectivity index (χ1v) is 5.90. The molecule has 0 bridgehead atoms. The van der Waals surface area contributed by atoms with Gasteiger partial charge in [0.1, 0.15) is 6.20 Å². The Kier molecular flexibility index (Phi) is 3.33. The molecule has 2 heterocycles. The second-order valence-corrected chi connectivity index (χ2v) is 4.49. The Morgan fingerprint density at radius 1 is 1.61 bits per heavy atom. The molecule has 0 saturated heterocycles. The van der Waals surface area contributed by atoms with Crippen LogP contribution in [0.25, 0.3) is 6.08 Å². The molecular weight excluding hydrogens is 254 g/mol. The van der Waals surface area contributed by atoms with E-state index in [1.54, 1.807) is 6.08 Å². The topological polar surface area (TPSA) is 78.0 Å². The van der Waals surface area contributed by atoms with Gasteiger partial charge in [0.05, 0.1) is 4.92 Å². The quantitative estimate of drug-likeness (QED) is 0.367. The van der Waals surface area contributed by atoms with Crippen molar-refractivity contribution in [2.24, 2.45) is 7.05 Å². The van der Waals surface area contributed by atoms with Crippen molar-refractivity contribution >= 4 is 28.9 Å². The minimum Gasteiger partial charge on any atom is -0.287 e. The van der Waals surface area contributed by atoms with E-state index in [1.165, 1.54) is 35.3 Å². The smallest absolute Gasteiger partial charge is 0.287 e. The number of thiophene rings is 1. The summed E-state index contributed by atoms with van der Waals surface area (Å²) in [7, 11) is 1.53. The van der Waals surface area contributed by atoms with Gasteiger partial charge in [0.2, 0.25) is 11.5 Å². The van der Waals surface area contributed by atoms with Gasteiger partial charge < -0.3 is 0 Å². The van der Waals surface area contributed by atoms with E-state index in [2.05, 4.69) is 5.10 Å². The number of carbonyl (C=O) groups excluding carboxylic acids is 1. The van der Waals surface area contributed by atoms with Crippen LogP contribution in [0.1, 0.15) is 15.4 Å². The predicted octanol–water partition coefficient (Wildman–Crippen LogP) is 2.29. The number of hydrogen-bond acceptors (Lipinski definition) is 5. The molecule has 2 rings (SSSR count). The van der Waals surface area contributed by atoms with Crippen LogP contribution in [-0.2, 0) is 7.05 Å². The van der Waals surface area contributed by atoms with Crippen LogP contribution in [0.3, 0.4) is 0 Å². The van der Waals surface area contributed by atoms with Crippen LogP contribution >= 0.6 is 11.3 Å². The third kappa shape index (κ3) is 2.51. The van der Waals surface area contributed by atoms with Gasteiger partial charge in [-0.2, -0.15) is 5.10 Å².